The number of nitriles is 1. The summed E-state index contributed by atoms with van der Waals surface area (Å²) < 4.78 is 0. The molecular weight excluding hydrogens is 214 g/mol. The minimum Gasteiger partial charge on any atom is -0.391 e. The predicted octanol–water partition coefficient (Wildman–Crippen LogP) is 2.16. The van der Waals surface area contributed by atoms with Gasteiger partial charge in [-0.3, -0.25) is 0 Å². The van der Waals surface area contributed by atoms with E-state index in [9.17, 15) is 5.11 Å². The van der Waals surface area contributed by atoms with Crippen LogP contribution in [-0.2, 0) is 0 Å². The first-order valence-electron chi connectivity index (χ1n) is 5.69. The second-order valence-electron chi connectivity index (χ2n) is 5.31. The van der Waals surface area contributed by atoms with Gasteiger partial charge in [-0.2, -0.15) is 5.26 Å². The summed E-state index contributed by atoms with van der Waals surface area (Å²) in [5.74, 6) is 0. The highest BCUT2D eigenvalue weighted by molar-refractivity contribution is 5.53. The quantitative estimate of drug-likeness (QED) is 0.836. The van der Waals surface area contributed by atoms with Crippen molar-refractivity contribution in [2.24, 2.45) is 5.41 Å². The van der Waals surface area contributed by atoms with Crippen LogP contribution in [0.25, 0.3) is 0 Å². The molecule has 1 unspecified atom stereocenters. The zero-order valence-corrected chi connectivity index (χ0v) is 10.6. The Hall–Kier alpha value is -1.60. The van der Waals surface area contributed by atoms with Gasteiger partial charge in [0.25, 0.3) is 0 Å². The Morgan fingerprint density at radius 1 is 1.53 bits per heavy atom. The van der Waals surface area contributed by atoms with Crippen LogP contribution in [0.15, 0.2) is 18.3 Å². The Morgan fingerprint density at radius 3 is 2.82 bits per heavy atom. The molecule has 0 saturated heterocycles. The van der Waals surface area contributed by atoms with E-state index < -0.39 is 6.10 Å². The molecule has 0 bridgehead atoms. The van der Waals surface area contributed by atoms with Crippen molar-refractivity contribution in [2.75, 3.05) is 11.9 Å². The summed E-state index contributed by atoms with van der Waals surface area (Å²) in [4.78, 5) is 3.94. The molecule has 0 aliphatic heterocycles. The highest BCUT2D eigenvalue weighted by Gasteiger charge is 2.16. The van der Waals surface area contributed by atoms with E-state index in [2.05, 4.69) is 31.1 Å². The van der Waals surface area contributed by atoms with E-state index in [1.165, 1.54) is 0 Å². The number of hydrogen-bond acceptors (Lipinski definition) is 4. The topological polar surface area (TPSA) is 68.9 Å². The molecule has 0 spiro atoms. The summed E-state index contributed by atoms with van der Waals surface area (Å²) in [5, 5.41) is 21.8. The Morgan fingerprint density at radius 2 is 2.24 bits per heavy atom. The van der Waals surface area contributed by atoms with Crippen molar-refractivity contribution in [1.82, 2.24) is 4.98 Å². The lowest BCUT2D eigenvalue weighted by Crippen LogP contribution is -2.25. The van der Waals surface area contributed by atoms with Crippen LogP contribution in [0.5, 0.6) is 0 Å². The van der Waals surface area contributed by atoms with Crippen LogP contribution >= 0.6 is 0 Å². The maximum Gasteiger partial charge on any atom is 0.163 e. The monoisotopic (exact) mass is 233 g/mol. The first-order valence-corrected chi connectivity index (χ1v) is 5.69. The molecule has 0 aliphatic carbocycles. The second-order valence-corrected chi connectivity index (χ2v) is 5.31. The van der Waals surface area contributed by atoms with Gasteiger partial charge in [-0.05, 0) is 24.0 Å². The van der Waals surface area contributed by atoms with Crippen LogP contribution in [0, 0.1) is 16.7 Å². The second kappa shape index (κ2) is 5.65. The fourth-order valence-corrected chi connectivity index (χ4v) is 1.64. The lowest BCUT2D eigenvalue weighted by Gasteiger charge is -2.22. The van der Waals surface area contributed by atoms with Gasteiger partial charge in [-0.25, -0.2) is 4.98 Å². The molecule has 1 rings (SSSR count). The number of aliphatic hydroxyl groups is 1. The minimum atomic E-state index is -0.429. The van der Waals surface area contributed by atoms with Crippen LogP contribution in [0.3, 0.4) is 0 Å². The molecule has 92 valence electrons. The Bertz CT molecular complexity index is 404. The van der Waals surface area contributed by atoms with Crippen LogP contribution < -0.4 is 5.32 Å². The third-order valence-corrected chi connectivity index (χ3v) is 2.29. The Kier molecular flexibility index (Phi) is 4.47. The largest absolute Gasteiger partial charge is 0.391 e. The van der Waals surface area contributed by atoms with Crippen molar-refractivity contribution in [3.63, 3.8) is 0 Å². The number of anilines is 1. The van der Waals surface area contributed by atoms with Crippen molar-refractivity contribution in [2.45, 2.75) is 33.3 Å². The molecule has 1 heterocycles. The number of aromatic nitrogens is 1. The molecule has 0 aliphatic rings. The van der Waals surface area contributed by atoms with Gasteiger partial charge in [0.15, 0.2) is 5.69 Å². The lowest BCUT2D eigenvalue weighted by atomic mass is 9.89. The molecule has 0 fully saturated rings. The summed E-state index contributed by atoms with van der Waals surface area (Å²) in [6.45, 7) is 6.68. The van der Waals surface area contributed by atoms with E-state index in [4.69, 9.17) is 5.26 Å². The smallest absolute Gasteiger partial charge is 0.163 e. The maximum absolute atomic E-state index is 9.84. The van der Waals surface area contributed by atoms with Crippen molar-refractivity contribution >= 4 is 5.69 Å². The zero-order valence-electron chi connectivity index (χ0n) is 10.6. The first-order chi connectivity index (χ1) is 7.92. The number of nitrogens with zero attached hydrogens (tertiary/aromatic N) is 2. The third-order valence-electron chi connectivity index (χ3n) is 2.29. The van der Waals surface area contributed by atoms with E-state index in [-0.39, 0.29) is 5.41 Å². The normalized spacial score (nSPS) is 12.9. The lowest BCUT2D eigenvalue weighted by molar-refractivity contribution is 0.132. The van der Waals surface area contributed by atoms with Gasteiger partial charge >= 0.3 is 0 Å². The minimum absolute atomic E-state index is 0.0914. The summed E-state index contributed by atoms with van der Waals surface area (Å²) in [7, 11) is 0. The van der Waals surface area contributed by atoms with E-state index in [0.29, 0.717) is 24.3 Å². The van der Waals surface area contributed by atoms with Gasteiger partial charge in [0.05, 0.1) is 11.8 Å². The number of pyridine rings is 1. The van der Waals surface area contributed by atoms with Crippen molar-refractivity contribution in [3.05, 3.63) is 24.0 Å². The fraction of sp³-hybridized carbons (Fsp3) is 0.538. The highest BCUT2D eigenvalue weighted by atomic mass is 16.3. The maximum atomic E-state index is 9.84. The van der Waals surface area contributed by atoms with Crippen molar-refractivity contribution < 1.29 is 5.11 Å². The summed E-state index contributed by atoms with van der Waals surface area (Å²) in [5.41, 5.74) is 1.12. The van der Waals surface area contributed by atoms with E-state index in [1.807, 2.05) is 6.07 Å². The van der Waals surface area contributed by atoms with Crippen LogP contribution in [-0.4, -0.2) is 22.7 Å². The SMILES string of the molecule is CC(C)(C)CC(O)CNc1cccnc1C#N. The molecule has 0 amide bonds. The summed E-state index contributed by atoms with van der Waals surface area (Å²) in [6.07, 6.45) is 1.86. The molecule has 1 atom stereocenters. The van der Waals surface area contributed by atoms with E-state index in [1.54, 1.807) is 18.3 Å². The predicted molar refractivity (Wildman–Crippen MR) is 67.5 cm³/mol. The Balaban J connectivity index is 2.54. The summed E-state index contributed by atoms with van der Waals surface area (Å²) >= 11 is 0. The number of rotatable bonds is 4. The zero-order chi connectivity index (χ0) is 12.9. The average molecular weight is 233 g/mol. The van der Waals surface area contributed by atoms with Crippen molar-refractivity contribution in [3.8, 4) is 6.07 Å². The molecule has 17 heavy (non-hydrogen) atoms. The highest BCUT2D eigenvalue weighted by Crippen LogP contribution is 2.21. The number of aliphatic hydroxyl groups excluding tert-OH is 1. The molecule has 1 aromatic heterocycles. The fourth-order valence-electron chi connectivity index (χ4n) is 1.64. The molecule has 1 aromatic rings. The summed E-state index contributed by atoms with van der Waals surface area (Å²) in [6, 6.07) is 5.56. The van der Waals surface area contributed by atoms with Crippen molar-refractivity contribution in [1.29, 1.82) is 5.26 Å². The molecule has 4 nitrogen and oxygen atoms in total. The first kappa shape index (κ1) is 13.5. The number of hydrogen-bond donors (Lipinski definition) is 2. The molecule has 0 radical (unpaired) electrons. The molecule has 0 aromatic carbocycles. The third kappa shape index (κ3) is 4.83. The van der Waals surface area contributed by atoms with Gasteiger partial charge in [0.1, 0.15) is 6.07 Å². The molecule has 4 heteroatoms. The van der Waals surface area contributed by atoms with E-state index >= 15 is 0 Å². The standard InChI is InChI=1S/C13H19N3O/c1-13(2,3)7-10(17)9-16-11-5-4-6-15-12(11)8-14/h4-6,10,16-17H,7,9H2,1-3H3. The molecular formula is C13H19N3O. The van der Waals surface area contributed by atoms with Crippen LogP contribution in [0.1, 0.15) is 32.9 Å². The van der Waals surface area contributed by atoms with Gasteiger partial charge < -0.3 is 10.4 Å². The molecule has 2 N–H and O–H groups in total. The van der Waals surface area contributed by atoms with Gasteiger partial charge in [-0.15, -0.1) is 0 Å². The van der Waals surface area contributed by atoms with Gasteiger partial charge in [0.2, 0.25) is 0 Å². The van der Waals surface area contributed by atoms with Crippen LogP contribution in [0.2, 0.25) is 0 Å². The Labute approximate surface area is 102 Å². The molecule has 0 saturated carbocycles. The average Bonchev–Trinajstić information content (AvgIpc) is 2.24. The number of nitrogens with one attached hydrogen (secondary N) is 1. The van der Waals surface area contributed by atoms with Gasteiger partial charge in [0, 0.05) is 12.7 Å². The van der Waals surface area contributed by atoms with Gasteiger partial charge in [-0.1, -0.05) is 20.8 Å². The van der Waals surface area contributed by atoms with E-state index in [0.717, 1.165) is 0 Å². The van der Waals surface area contributed by atoms with Crippen LogP contribution in [0.4, 0.5) is 5.69 Å².